The van der Waals surface area contributed by atoms with Crippen LogP contribution in [0.25, 0.3) is 15.7 Å². The number of pyridine rings is 1. The summed E-state index contributed by atoms with van der Waals surface area (Å²) in [5, 5.41) is 7.87. The number of carbonyl (C=O) groups excluding carboxylic acids is 2. The summed E-state index contributed by atoms with van der Waals surface area (Å²) in [6.45, 7) is 12.8. The van der Waals surface area contributed by atoms with Gasteiger partial charge in [-0.15, -0.1) is 0 Å². The molecule has 0 saturated carbocycles. The minimum atomic E-state index is -0.566. The van der Waals surface area contributed by atoms with Crippen LogP contribution in [0.15, 0.2) is 30.5 Å². The summed E-state index contributed by atoms with van der Waals surface area (Å²) in [7, 11) is 3.12. The van der Waals surface area contributed by atoms with Crippen molar-refractivity contribution >= 4 is 50.4 Å². The van der Waals surface area contributed by atoms with Crippen LogP contribution < -0.4 is 19.7 Å². The average molecular weight is 581 g/mol. The third kappa shape index (κ3) is 5.61. The highest BCUT2D eigenvalue weighted by atomic mass is 32.1. The number of aryl methyl sites for hydroxylation is 1. The number of nitrogens with one attached hydrogen (secondary N) is 1. The summed E-state index contributed by atoms with van der Waals surface area (Å²) in [5.74, 6) is 0.174. The Balaban J connectivity index is 1.45. The van der Waals surface area contributed by atoms with Crippen molar-refractivity contribution in [2.75, 3.05) is 37.5 Å². The molecule has 1 saturated heterocycles. The number of ether oxygens (including phenoxy) is 3. The summed E-state index contributed by atoms with van der Waals surface area (Å²) in [6.07, 6.45) is 1.43. The third-order valence-corrected chi connectivity index (χ3v) is 7.98. The number of amides is 2. The van der Waals surface area contributed by atoms with Crippen molar-refractivity contribution in [2.45, 2.75) is 59.2 Å². The molecule has 11 nitrogen and oxygen atoms in total. The molecule has 1 aliphatic heterocycles. The van der Waals surface area contributed by atoms with Crippen LogP contribution in [0.5, 0.6) is 10.9 Å². The van der Waals surface area contributed by atoms with Crippen LogP contribution in [0, 0.1) is 6.92 Å². The lowest BCUT2D eigenvalue weighted by atomic mass is 10.1. The Bertz CT molecular complexity index is 1610. The molecule has 0 aliphatic carbocycles. The minimum Gasteiger partial charge on any atom is -0.493 e. The maximum absolute atomic E-state index is 13.6. The van der Waals surface area contributed by atoms with Gasteiger partial charge in [-0.05, 0) is 65.8 Å². The highest BCUT2D eigenvalue weighted by molar-refractivity contribution is 7.21. The van der Waals surface area contributed by atoms with Crippen molar-refractivity contribution in [2.24, 2.45) is 0 Å². The van der Waals surface area contributed by atoms with Crippen molar-refractivity contribution in [3.63, 3.8) is 0 Å². The van der Waals surface area contributed by atoms with Gasteiger partial charge in [-0.25, -0.2) is 14.3 Å². The molecule has 1 aromatic carbocycles. The van der Waals surface area contributed by atoms with Gasteiger partial charge in [0.05, 0.1) is 65.3 Å². The summed E-state index contributed by atoms with van der Waals surface area (Å²) in [4.78, 5) is 35.2. The van der Waals surface area contributed by atoms with Gasteiger partial charge in [0, 0.05) is 13.1 Å². The van der Waals surface area contributed by atoms with Gasteiger partial charge in [-0.3, -0.25) is 9.69 Å². The number of hydrogen-bond acceptors (Lipinski definition) is 9. The van der Waals surface area contributed by atoms with Gasteiger partial charge in [-0.1, -0.05) is 11.3 Å². The molecule has 4 heterocycles. The van der Waals surface area contributed by atoms with Gasteiger partial charge in [0.15, 0.2) is 5.75 Å². The number of methoxy groups -OCH3 is 2. The number of hydrogen-bond donors (Lipinski definition) is 1. The van der Waals surface area contributed by atoms with Crippen LogP contribution in [0.3, 0.4) is 0 Å². The molecule has 1 fully saturated rings. The van der Waals surface area contributed by atoms with E-state index in [1.807, 2.05) is 59.7 Å². The second-order valence-corrected chi connectivity index (χ2v) is 12.3. The summed E-state index contributed by atoms with van der Waals surface area (Å²) < 4.78 is 19.2. The molecule has 12 heteroatoms. The first kappa shape index (κ1) is 28.5. The molecule has 1 N–H and O–H groups in total. The van der Waals surface area contributed by atoms with Crippen LogP contribution in [0.4, 0.5) is 16.2 Å². The fraction of sp³-hybridized carbons (Fsp3) is 0.448. The maximum Gasteiger partial charge on any atom is 0.410 e. The fourth-order valence-corrected chi connectivity index (χ4v) is 6.23. The second kappa shape index (κ2) is 10.7. The van der Waals surface area contributed by atoms with E-state index < -0.39 is 5.60 Å². The Kier molecular flexibility index (Phi) is 7.45. The maximum atomic E-state index is 13.6. The van der Waals surface area contributed by atoms with Crippen molar-refractivity contribution in [1.82, 2.24) is 19.5 Å². The van der Waals surface area contributed by atoms with Crippen LogP contribution in [0.2, 0.25) is 0 Å². The molecule has 2 amide bonds. The molecular weight excluding hydrogens is 544 g/mol. The third-order valence-electron chi connectivity index (χ3n) is 6.94. The zero-order chi connectivity index (χ0) is 29.6. The first-order valence-corrected chi connectivity index (χ1v) is 14.3. The Hall–Kier alpha value is -4.06. The number of rotatable bonds is 5. The van der Waals surface area contributed by atoms with E-state index in [2.05, 4.69) is 20.3 Å². The average Bonchev–Trinajstić information content (AvgIpc) is 3.48. The smallest absolute Gasteiger partial charge is 0.410 e. The number of aromatic nitrogens is 3. The van der Waals surface area contributed by atoms with Gasteiger partial charge in [0.2, 0.25) is 0 Å². The molecule has 0 unspecified atom stereocenters. The number of thiazole rings is 1. The second-order valence-electron chi connectivity index (χ2n) is 11.3. The van der Waals surface area contributed by atoms with Crippen molar-refractivity contribution in [3.8, 4) is 10.9 Å². The lowest BCUT2D eigenvalue weighted by molar-refractivity contribution is 0.00567. The zero-order valence-corrected chi connectivity index (χ0v) is 25.5. The van der Waals surface area contributed by atoms with Crippen LogP contribution in [-0.4, -0.2) is 76.5 Å². The Morgan fingerprint density at radius 1 is 1.07 bits per heavy atom. The number of nitrogens with zero attached hydrogens (tertiary/aromatic N) is 5. The van der Waals surface area contributed by atoms with Crippen molar-refractivity contribution < 1.29 is 23.8 Å². The van der Waals surface area contributed by atoms with Gasteiger partial charge in [0.25, 0.3) is 11.1 Å². The van der Waals surface area contributed by atoms with Crippen LogP contribution in [0.1, 0.15) is 50.7 Å². The van der Waals surface area contributed by atoms with E-state index in [1.54, 1.807) is 35.9 Å². The lowest BCUT2D eigenvalue weighted by Crippen LogP contribution is -2.59. The van der Waals surface area contributed by atoms with Crippen LogP contribution >= 0.6 is 11.3 Å². The van der Waals surface area contributed by atoms with Crippen molar-refractivity contribution in [3.05, 3.63) is 41.7 Å². The highest BCUT2D eigenvalue weighted by Crippen LogP contribution is 2.39. The minimum absolute atomic E-state index is 0.0870. The Morgan fingerprint density at radius 2 is 1.78 bits per heavy atom. The molecule has 2 atom stereocenters. The molecule has 0 bridgehead atoms. The molecule has 3 aromatic heterocycles. The van der Waals surface area contributed by atoms with E-state index in [0.29, 0.717) is 40.8 Å². The topological polar surface area (TPSA) is 111 Å². The standard InChI is InChI=1S/C29H36N6O5S/c1-16-11-19-12-21(23(38-7)15-34(19)32-16)30-26(36)20-9-10-22(25-24(20)31-27(39-8)41-25)33-13-17(2)35(18(3)14-33)28(37)40-29(4,5)6/h9-12,15,17-18H,13-14H2,1-8H3,(H,30,36)/t17-,18-/m0/s1. The van der Waals surface area contributed by atoms with E-state index in [-0.39, 0.29) is 24.1 Å². The summed E-state index contributed by atoms with van der Waals surface area (Å²) in [6, 6.07) is 7.31. The van der Waals surface area contributed by atoms with E-state index in [0.717, 1.165) is 21.6 Å². The molecule has 218 valence electrons. The summed E-state index contributed by atoms with van der Waals surface area (Å²) in [5.41, 5.74) is 3.57. The monoisotopic (exact) mass is 580 g/mol. The Morgan fingerprint density at radius 3 is 2.41 bits per heavy atom. The van der Waals surface area contributed by atoms with Gasteiger partial charge in [-0.2, -0.15) is 5.10 Å². The largest absolute Gasteiger partial charge is 0.493 e. The van der Waals surface area contributed by atoms with E-state index >= 15 is 0 Å². The van der Waals surface area contributed by atoms with Gasteiger partial charge in [0.1, 0.15) is 11.1 Å². The molecule has 41 heavy (non-hydrogen) atoms. The lowest BCUT2D eigenvalue weighted by Gasteiger charge is -2.45. The molecular formula is C29H36N6O5S. The van der Waals surface area contributed by atoms with E-state index in [1.165, 1.54) is 11.3 Å². The predicted molar refractivity (Wildman–Crippen MR) is 160 cm³/mol. The normalized spacial score (nSPS) is 17.7. The quantitative estimate of drug-likeness (QED) is 0.336. The van der Waals surface area contributed by atoms with E-state index in [9.17, 15) is 9.59 Å². The zero-order valence-electron chi connectivity index (χ0n) is 24.6. The van der Waals surface area contributed by atoms with Gasteiger partial charge < -0.3 is 24.4 Å². The number of benzene rings is 1. The molecule has 0 radical (unpaired) electrons. The van der Waals surface area contributed by atoms with Gasteiger partial charge >= 0.3 is 6.09 Å². The predicted octanol–water partition coefficient (Wildman–Crippen LogP) is 5.36. The Labute approximate surface area is 243 Å². The molecule has 4 aromatic rings. The number of carbonyl (C=O) groups is 2. The van der Waals surface area contributed by atoms with Crippen LogP contribution in [-0.2, 0) is 4.74 Å². The molecule has 0 spiro atoms. The number of fused-ring (bicyclic) bond motifs is 2. The molecule has 1 aliphatic rings. The fourth-order valence-electron chi connectivity index (χ4n) is 5.28. The summed E-state index contributed by atoms with van der Waals surface area (Å²) >= 11 is 1.39. The highest BCUT2D eigenvalue weighted by Gasteiger charge is 2.36. The number of anilines is 2. The SMILES string of the molecule is COc1nc2c(C(=O)Nc3cc4cc(C)nn4cc3OC)ccc(N3C[C@H](C)N(C(=O)OC(C)(C)C)[C@@H](C)C3)c2s1. The van der Waals surface area contributed by atoms with Crippen molar-refractivity contribution in [1.29, 1.82) is 0 Å². The van der Waals surface area contributed by atoms with E-state index in [4.69, 9.17) is 14.2 Å². The molecule has 5 rings (SSSR count). The first-order valence-electron chi connectivity index (χ1n) is 13.5. The first-order chi connectivity index (χ1) is 19.4. The number of piperazine rings is 1.